The topological polar surface area (TPSA) is 25.8 Å². The molecule has 0 saturated heterocycles. The minimum Gasteiger partial charge on any atom is -0.232 e. The van der Waals surface area contributed by atoms with Crippen LogP contribution in [0.3, 0.4) is 0 Å². The minimum absolute atomic E-state index is 0.809. The zero-order valence-electron chi connectivity index (χ0n) is 9.83. The highest BCUT2D eigenvalue weighted by Gasteiger charge is 2.10. The summed E-state index contributed by atoms with van der Waals surface area (Å²) in [6, 6.07) is 2.05. The molecule has 0 N–H and O–H groups in total. The number of nitrogens with zero attached hydrogens (tertiary/aromatic N) is 2. The zero-order chi connectivity index (χ0) is 12.4. The maximum atomic E-state index is 4.57. The first-order valence-corrected chi connectivity index (χ1v) is 6.98. The smallest absolute Gasteiger partial charge is 0.169 e. The van der Waals surface area contributed by atoms with Gasteiger partial charge in [0.05, 0.1) is 4.88 Å². The molecule has 2 heterocycles. The molecule has 0 fully saturated rings. The van der Waals surface area contributed by atoms with Gasteiger partial charge in [-0.2, -0.15) is 0 Å². The molecule has 2 aromatic heterocycles. The van der Waals surface area contributed by atoms with Crippen molar-refractivity contribution in [3.8, 4) is 10.7 Å². The monoisotopic (exact) mass is 308 g/mol. The average Bonchev–Trinajstić information content (AvgIpc) is 2.70. The van der Waals surface area contributed by atoms with Gasteiger partial charge >= 0.3 is 0 Å². The zero-order valence-corrected chi connectivity index (χ0v) is 12.2. The Hall–Kier alpha value is -1.000. The molecule has 2 aromatic rings. The molecule has 0 atom stereocenters. The lowest BCUT2D eigenvalue weighted by Crippen LogP contribution is -2.01. The summed E-state index contributed by atoms with van der Waals surface area (Å²) < 4.78 is 1.08. The molecule has 2 nitrogen and oxygen atoms in total. The molecule has 17 heavy (non-hydrogen) atoms. The number of thiophene rings is 1. The maximum absolute atomic E-state index is 4.57. The van der Waals surface area contributed by atoms with E-state index in [1.807, 2.05) is 31.4 Å². The van der Waals surface area contributed by atoms with Crippen molar-refractivity contribution in [2.24, 2.45) is 0 Å². The summed E-state index contributed by atoms with van der Waals surface area (Å²) in [5.74, 6) is 0.809. The molecule has 0 aromatic carbocycles. The second-order valence-electron chi connectivity index (χ2n) is 3.82. The van der Waals surface area contributed by atoms with Gasteiger partial charge in [0.1, 0.15) is 0 Å². The van der Waals surface area contributed by atoms with E-state index in [2.05, 4.69) is 32.5 Å². The van der Waals surface area contributed by atoms with Crippen molar-refractivity contribution >= 4 is 27.3 Å². The number of aromatic nitrogens is 2. The highest BCUT2D eigenvalue weighted by atomic mass is 79.9. The van der Waals surface area contributed by atoms with Crippen LogP contribution in [0.1, 0.15) is 17.0 Å². The number of hydrogen-bond donors (Lipinski definition) is 0. The fourth-order valence-electron chi connectivity index (χ4n) is 1.72. The number of aryl methyl sites for hydroxylation is 2. The predicted molar refractivity (Wildman–Crippen MR) is 76.4 cm³/mol. The van der Waals surface area contributed by atoms with Crippen LogP contribution in [0.2, 0.25) is 0 Å². The summed E-state index contributed by atoms with van der Waals surface area (Å²) in [5.41, 5.74) is 3.26. The SMILES string of the molecule is C=CCc1c(C)nc(-c2cc(Br)cs2)nc1C. The molecule has 0 aliphatic rings. The first-order chi connectivity index (χ1) is 8.11. The van der Waals surface area contributed by atoms with Crippen molar-refractivity contribution in [2.75, 3.05) is 0 Å². The van der Waals surface area contributed by atoms with E-state index >= 15 is 0 Å². The van der Waals surface area contributed by atoms with Gasteiger partial charge in [-0.3, -0.25) is 0 Å². The molecule has 2 rings (SSSR count). The third-order valence-corrected chi connectivity index (χ3v) is 4.24. The summed E-state index contributed by atoms with van der Waals surface area (Å²) in [7, 11) is 0. The lowest BCUT2D eigenvalue weighted by atomic mass is 10.1. The van der Waals surface area contributed by atoms with Crippen molar-refractivity contribution < 1.29 is 0 Å². The van der Waals surface area contributed by atoms with Crippen LogP contribution >= 0.6 is 27.3 Å². The van der Waals surface area contributed by atoms with Gasteiger partial charge in [-0.1, -0.05) is 6.08 Å². The number of hydrogen-bond acceptors (Lipinski definition) is 3. The molecule has 0 saturated carbocycles. The van der Waals surface area contributed by atoms with E-state index in [-0.39, 0.29) is 0 Å². The van der Waals surface area contributed by atoms with Crippen LogP contribution in [0.5, 0.6) is 0 Å². The van der Waals surface area contributed by atoms with Gasteiger partial charge in [0.15, 0.2) is 5.82 Å². The van der Waals surface area contributed by atoms with Gasteiger partial charge < -0.3 is 0 Å². The lowest BCUT2D eigenvalue weighted by molar-refractivity contribution is 0.996. The molecule has 0 aliphatic heterocycles. The van der Waals surface area contributed by atoms with Crippen molar-refractivity contribution in [3.63, 3.8) is 0 Å². The summed E-state index contributed by atoms with van der Waals surface area (Å²) in [4.78, 5) is 10.2. The Morgan fingerprint density at radius 1 is 1.35 bits per heavy atom. The minimum atomic E-state index is 0.809. The Bertz CT molecular complexity index is 537. The fraction of sp³-hybridized carbons (Fsp3) is 0.231. The van der Waals surface area contributed by atoms with E-state index in [9.17, 15) is 0 Å². The molecule has 0 spiro atoms. The van der Waals surface area contributed by atoms with E-state index in [4.69, 9.17) is 0 Å². The van der Waals surface area contributed by atoms with Crippen molar-refractivity contribution in [1.29, 1.82) is 0 Å². The first kappa shape index (κ1) is 12.5. The van der Waals surface area contributed by atoms with Crippen LogP contribution in [-0.4, -0.2) is 9.97 Å². The molecule has 0 unspecified atom stereocenters. The Morgan fingerprint density at radius 3 is 2.47 bits per heavy atom. The Morgan fingerprint density at radius 2 is 2.00 bits per heavy atom. The maximum Gasteiger partial charge on any atom is 0.169 e. The highest BCUT2D eigenvalue weighted by Crippen LogP contribution is 2.28. The number of halogens is 1. The Labute approximate surface area is 114 Å². The summed E-state index contributed by atoms with van der Waals surface area (Å²) in [6.07, 6.45) is 2.71. The van der Waals surface area contributed by atoms with E-state index in [0.717, 1.165) is 33.0 Å². The van der Waals surface area contributed by atoms with Gasteiger partial charge in [-0.15, -0.1) is 17.9 Å². The van der Waals surface area contributed by atoms with Crippen LogP contribution < -0.4 is 0 Å². The first-order valence-electron chi connectivity index (χ1n) is 5.31. The molecular weight excluding hydrogens is 296 g/mol. The highest BCUT2D eigenvalue weighted by molar-refractivity contribution is 9.10. The largest absolute Gasteiger partial charge is 0.232 e. The second-order valence-corrected chi connectivity index (χ2v) is 5.65. The summed E-state index contributed by atoms with van der Waals surface area (Å²) >= 11 is 5.09. The molecule has 88 valence electrons. The molecule has 0 radical (unpaired) electrons. The van der Waals surface area contributed by atoms with Crippen LogP contribution in [0, 0.1) is 13.8 Å². The Balaban J connectivity index is 2.48. The quantitative estimate of drug-likeness (QED) is 0.789. The van der Waals surface area contributed by atoms with Gasteiger partial charge in [0.25, 0.3) is 0 Å². The summed E-state index contributed by atoms with van der Waals surface area (Å²) in [5, 5.41) is 2.04. The van der Waals surface area contributed by atoms with E-state index in [1.54, 1.807) is 11.3 Å². The average molecular weight is 309 g/mol. The molecule has 0 aliphatic carbocycles. The van der Waals surface area contributed by atoms with Gasteiger partial charge in [-0.25, -0.2) is 9.97 Å². The molecule has 0 amide bonds. The molecular formula is C13H13BrN2S. The standard InChI is InChI=1S/C13H13BrN2S/c1-4-5-11-8(2)15-13(16-9(11)3)12-6-10(14)7-17-12/h4,6-7H,1,5H2,2-3H3. The van der Waals surface area contributed by atoms with Crippen molar-refractivity contribution in [2.45, 2.75) is 20.3 Å². The predicted octanol–water partition coefficient (Wildman–Crippen LogP) is 4.31. The van der Waals surface area contributed by atoms with E-state index in [0.29, 0.717) is 0 Å². The van der Waals surface area contributed by atoms with Crippen LogP contribution in [-0.2, 0) is 6.42 Å². The third-order valence-electron chi connectivity index (χ3n) is 2.56. The molecule has 0 bridgehead atoms. The van der Waals surface area contributed by atoms with Crippen LogP contribution in [0.15, 0.2) is 28.6 Å². The van der Waals surface area contributed by atoms with Crippen molar-refractivity contribution in [1.82, 2.24) is 9.97 Å². The van der Waals surface area contributed by atoms with Crippen LogP contribution in [0.25, 0.3) is 10.7 Å². The second kappa shape index (κ2) is 5.10. The van der Waals surface area contributed by atoms with Gasteiger partial charge in [0.2, 0.25) is 0 Å². The Kier molecular flexibility index (Phi) is 3.74. The van der Waals surface area contributed by atoms with E-state index < -0.39 is 0 Å². The van der Waals surface area contributed by atoms with Crippen LogP contribution in [0.4, 0.5) is 0 Å². The number of rotatable bonds is 3. The van der Waals surface area contributed by atoms with Crippen molar-refractivity contribution in [3.05, 3.63) is 45.5 Å². The van der Waals surface area contributed by atoms with Gasteiger partial charge in [-0.05, 0) is 47.8 Å². The van der Waals surface area contributed by atoms with Gasteiger partial charge in [0, 0.05) is 21.2 Å². The number of allylic oxidation sites excluding steroid dienone is 1. The van der Waals surface area contributed by atoms with E-state index in [1.165, 1.54) is 5.56 Å². The summed E-state index contributed by atoms with van der Waals surface area (Å²) in [6.45, 7) is 7.82. The fourth-order valence-corrected chi connectivity index (χ4v) is 3.08. The normalized spacial score (nSPS) is 10.5. The lowest BCUT2D eigenvalue weighted by Gasteiger charge is -2.08. The third kappa shape index (κ3) is 2.64. The molecule has 4 heteroatoms.